The number of hydrogen-bond acceptors (Lipinski definition) is 3. The molecule has 1 N–H and O–H groups in total. The fraction of sp³-hybridized carbons (Fsp3) is 0.429. The SMILES string of the molecule is C=CC(C)Oc1ccc(CNCC)cc1OC. The number of nitrogens with one attached hydrogen (secondary N) is 1. The van der Waals surface area contributed by atoms with Gasteiger partial charge in [-0.1, -0.05) is 25.6 Å². The third kappa shape index (κ3) is 4.11. The molecule has 0 bridgehead atoms. The van der Waals surface area contributed by atoms with E-state index in [0.29, 0.717) is 0 Å². The maximum Gasteiger partial charge on any atom is 0.162 e. The molecule has 0 aliphatic carbocycles. The van der Waals surface area contributed by atoms with Crippen LogP contribution >= 0.6 is 0 Å². The number of hydrogen-bond donors (Lipinski definition) is 1. The van der Waals surface area contributed by atoms with Gasteiger partial charge in [0.05, 0.1) is 7.11 Å². The Morgan fingerprint density at radius 2 is 2.18 bits per heavy atom. The maximum atomic E-state index is 5.68. The Morgan fingerprint density at radius 1 is 1.41 bits per heavy atom. The quantitative estimate of drug-likeness (QED) is 0.737. The minimum atomic E-state index is -0.0245. The highest BCUT2D eigenvalue weighted by Gasteiger charge is 2.07. The lowest BCUT2D eigenvalue weighted by Crippen LogP contribution is -2.12. The minimum absolute atomic E-state index is 0.0245. The van der Waals surface area contributed by atoms with E-state index in [1.807, 2.05) is 25.1 Å². The smallest absolute Gasteiger partial charge is 0.162 e. The molecule has 0 aliphatic rings. The molecule has 1 aromatic carbocycles. The van der Waals surface area contributed by atoms with Crippen molar-refractivity contribution in [2.45, 2.75) is 26.5 Å². The molecule has 1 unspecified atom stereocenters. The van der Waals surface area contributed by atoms with Gasteiger partial charge in [0.25, 0.3) is 0 Å². The lowest BCUT2D eigenvalue weighted by Gasteiger charge is -2.15. The van der Waals surface area contributed by atoms with Crippen molar-refractivity contribution in [2.75, 3.05) is 13.7 Å². The Bertz CT molecular complexity index is 363. The molecule has 0 amide bonds. The van der Waals surface area contributed by atoms with Gasteiger partial charge >= 0.3 is 0 Å². The first-order chi connectivity index (χ1) is 8.21. The highest BCUT2D eigenvalue weighted by molar-refractivity contribution is 5.43. The minimum Gasteiger partial charge on any atom is -0.493 e. The summed E-state index contributed by atoms with van der Waals surface area (Å²) in [5.74, 6) is 1.51. The van der Waals surface area contributed by atoms with Gasteiger partial charge in [-0.05, 0) is 31.2 Å². The van der Waals surface area contributed by atoms with Crippen LogP contribution in [0.2, 0.25) is 0 Å². The second-order valence-electron chi connectivity index (χ2n) is 3.82. The number of ether oxygens (including phenoxy) is 2. The summed E-state index contributed by atoms with van der Waals surface area (Å²) in [7, 11) is 1.65. The molecule has 1 atom stereocenters. The second-order valence-corrected chi connectivity index (χ2v) is 3.82. The molecule has 0 radical (unpaired) electrons. The van der Waals surface area contributed by atoms with Gasteiger partial charge in [0.15, 0.2) is 11.5 Å². The van der Waals surface area contributed by atoms with Crippen molar-refractivity contribution in [3.63, 3.8) is 0 Å². The lowest BCUT2D eigenvalue weighted by molar-refractivity contribution is 0.254. The summed E-state index contributed by atoms with van der Waals surface area (Å²) in [6.07, 6.45) is 1.73. The Kier molecular flexibility index (Phi) is 5.57. The molecule has 1 aromatic rings. The molecule has 0 spiro atoms. The Morgan fingerprint density at radius 3 is 2.76 bits per heavy atom. The van der Waals surface area contributed by atoms with Crippen LogP contribution in [0, 0.1) is 0 Å². The molecule has 94 valence electrons. The first-order valence-corrected chi connectivity index (χ1v) is 5.88. The zero-order valence-corrected chi connectivity index (χ0v) is 10.8. The first kappa shape index (κ1) is 13.6. The predicted octanol–water partition coefficient (Wildman–Crippen LogP) is 2.76. The zero-order valence-electron chi connectivity index (χ0n) is 10.8. The number of rotatable bonds is 7. The summed E-state index contributed by atoms with van der Waals surface area (Å²) in [6.45, 7) is 9.51. The van der Waals surface area contributed by atoms with Gasteiger partial charge < -0.3 is 14.8 Å². The van der Waals surface area contributed by atoms with Crippen molar-refractivity contribution in [1.82, 2.24) is 5.32 Å². The molecular formula is C14H21NO2. The van der Waals surface area contributed by atoms with E-state index in [1.165, 1.54) is 5.56 Å². The van der Waals surface area contributed by atoms with Gasteiger partial charge in [-0.3, -0.25) is 0 Å². The first-order valence-electron chi connectivity index (χ1n) is 5.88. The Hall–Kier alpha value is -1.48. The summed E-state index contributed by atoms with van der Waals surface area (Å²) < 4.78 is 11.0. The van der Waals surface area contributed by atoms with Crippen LogP contribution in [-0.4, -0.2) is 19.8 Å². The van der Waals surface area contributed by atoms with Crippen LogP contribution in [-0.2, 0) is 6.54 Å². The van der Waals surface area contributed by atoms with Crippen molar-refractivity contribution < 1.29 is 9.47 Å². The summed E-state index contributed by atoms with van der Waals surface area (Å²) >= 11 is 0. The van der Waals surface area contributed by atoms with Crippen LogP contribution in [0.5, 0.6) is 11.5 Å². The topological polar surface area (TPSA) is 30.5 Å². The third-order valence-corrected chi connectivity index (χ3v) is 2.45. The summed E-state index contributed by atoms with van der Waals surface area (Å²) in [4.78, 5) is 0. The van der Waals surface area contributed by atoms with E-state index in [0.717, 1.165) is 24.6 Å². The number of benzene rings is 1. The summed E-state index contributed by atoms with van der Waals surface area (Å²) in [5.41, 5.74) is 1.18. The van der Waals surface area contributed by atoms with E-state index in [4.69, 9.17) is 9.47 Å². The van der Waals surface area contributed by atoms with Gasteiger partial charge in [0.1, 0.15) is 6.10 Å². The number of methoxy groups -OCH3 is 1. The van der Waals surface area contributed by atoms with Crippen molar-refractivity contribution in [2.24, 2.45) is 0 Å². The normalized spacial score (nSPS) is 11.9. The molecule has 0 heterocycles. The molecule has 0 fully saturated rings. The van der Waals surface area contributed by atoms with E-state index >= 15 is 0 Å². The third-order valence-electron chi connectivity index (χ3n) is 2.45. The molecule has 0 saturated heterocycles. The van der Waals surface area contributed by atoms with Gasteiger partial charge in [0.2, 0.25) is 0 Å². The summed E-state index contributed by atoms with van der Waals surface area (Å²) in [5, 5.41) is 3.27. The lowest BCUT2D eigenvalue weighted by atomic mass is 10.2. The maximum absolute atomic E-state index is 5.68. The average molecular weight is 235 g/mol. The van der Waals surface area contributed by atoms with Crippen LogP contribution in [0.3, 0.4) is 0 Å². The van der Waals surface area contributed by atoms with Crippen molar-refractivity contribution in [1.29, 1.82) is 0 Å². The molecule has 17 heavy (non-hydrogen) atoms. The molecule has 3 nitrogen and oxygen atoms in total. The average Bonchev–Trinajstić information content (AvgIpc) is 2.37. The molecule has 0 aromatic heterocycles. The highest BCUT2D eigenvalue weighted by atomic mass is 16.5. The van der Waals surface area contributed by atoms with E-state index in [2.05, 4.69) is 18.8 Å². The molecule has 3 heteroatoms. The van der Waals surface area contributed by atoms with Crippen LogP contribution in [0.4, 0.5) is 0 Å². The molecule has 0 aliphatic heterocycles. The highest BCUT2D eigenvalue weighted by Crippen LogP contribution is 2.29. The monoisotopic (exact) mass is 235 g/mol. The summed E-state index contributed by atoms with van der Waals surface area (Å²) in [6, 6.07) is 5.97. The van der Waals surface area contributed by atoms with E-state index in [9.17, 15) is 0 Å². The fourth-order valence-corrected chi connectivity index (χ4v) is 1.44. The van der Waals surface area contributed by atoms with Gasteiger partial charge in [0, 0.05) is 6.54 Å². The van der Waals surface area contributed by atoms with Gasteiger partial charge in [-0.25, -0.2) is 0 Å². The molecule has 1 rings (SSSR count). The van der Waals surface area contributed by atoms with Crippen molar-refractivity contribution >= 4 is 0 Å². The zero-order chi connectivity index (χ0) is 12.7. The standard InChI is InChI=1S/C14H21NO2/c1-5-11(3)17-13-8-7-12(10-15-6-2)9-14(13)16-4/h5,7-9,11,15H,1,6,10H2,2-4H3. The predicted molar refractivity (Wildman–Crippen MR) is 70.7 cm³/mol. The van der Waals surface area contributed by atoms with Crippen LogP contribution < -0.4 is 14.8 Å². The van der Waals surface area contributed by atoms with E-state index in [-0.39, 0.29) is 6.10 Å². The van der Waals surface area contributed by atoms with E-state index < -0.39 is 0 Å². The Balaban J connectivity index is 2.81. The van der Waals surface area contributed by atoms with E-state index in [1.54, 1.807) is 13.2 Å². The second kappa shape index (κ2) is 6.97. The van der Waals surface area contributed by atoms with Crippen molar-refractivity contribution in [3.05, 3.63) is 36.4 Å². The Labute approximate surface area is 103 Å². The molecular weight excluding hydrogens is 214 g/mol. The largest absolute Gasteiger partial charge is 0.493 e. The fourth-order valence-electron chi connectivity index (χ4n) is 1.44. The van der Waals surface area contributed by atoms with Crippen LogP contribution in [0.1, 0.15) is 19.4 Å². The van der Waals surface area contributed by atoms with Crippen molar-refractivity contribution in [3.8, 4) is 11.5 Å². The molecule has 0 saturated carbocycles. The van der Waals surface area contributed by atoms with Crippen LogP contribution in [0.25, 0.3) is 0 Å². The van der Waals surface area contributed by atoms with Crippen LogP contribution in [0.15, 0.2) is 30.9 Å². The van der Waals surface area contributed by atoms with Gasteiger partial charge in [-0.15, -0.1) is 0 Å². The van der Waals surface area contributed by atoms with Gasteiger partial charge in [-0.2, -0.15) is 0 Å².